The van der Waals surface area contributed by atoms with Crippen molar-refractivity contribution in [2.24, 2.45) is 0 Å². The maximum atomic E-state index is 11.3. The third-order valence-corrected chi connectivity index (χ3v) is 1.43. The van der Waals surface area contributed by atoms with Crippen molar-refractivity contribution in [3.63, 3.8) is 0 Å². The minimum absolute atomic E-state index is 0.0469. The molecule has 16 heavy (non-hydrogen) atoms. The van der Waals surface area contributed by atoms with E-state index in [4.69, 9.17) is 0 Å². The molecule has 0 spiro atoms. The number of nitrogens with zero attached hydrogens (tertiary/aromatic N) is 1. The fraction of sp³-hybridized carbons (Fsp3) is 0.500. The molecular weight excluding hydrogens is 198 g/mol. The molecule has 1 rings (SSSR count). The molecule has 0 bridgehead atoms. The summed E-state index contributed by atoms with van der Waals surface area (Å²) in [4.78, 5) is 12.8. The first-order valence-electron chi connectivity index (χ1n) is 5.90. The highest BCUT2D eigenvalue weighted by Crippen LogP contribution is 2.00. The Hall–Kier alpha value is -1.31. The molecule has 0 aromatic heterocycles. The molecule has 1 aromatic carbocycles. The molecule has 0 N–H and O–H groups in total. The van der Waals surface area contributed by atoms with Gasteiger partial charge in [-0.15, -0.1) is 0 Å². The molecular formula is C14H25NO. The normalized spacial score (nSPS) is 7.88. The smallest absolute Gasteiger partial charge is 0.253 e. The molecule has 1 aromatic rings. The van der Waals surface area contributed by atoms with E-state index in [0.717, 1.165) is 5.56 Å². The third-order valence-electron chi connectivity index (χ3n) is 1.43. The van der Waals surface area contributed by atoms with Gasteiger partial charge in [0.1, 0.15) is 0 Å². The van der Waals surface area contributed by atoms with E-state index in [0.29, 0.717) is 0 Å². The monoisotopic (exact) mass is 223 g/mol. The zero-order valence-electron chi connectivity index (χ0n) is 11.4. The van der Waals surface area contributed by atoms with Crippen LogP contribution in [0, 0.1) is 0 Å². The number of rotatable bonds is 1. The van der Waals surface area contributed by atoms with Gasteiger partial charge in [-0.05, 0) is 12.1 Å². The van der Waals surface area contributed by atoms with Crippen LogP contribution in [0.5, 0.6) is 0 Å². The summed E-state index contributed by atoms with van der Waals surface area (Å²) in [5.41, 5.74) is 0.734. The largest absolute Gasteiger partial charge is 0.345 e. The van der Waals surface area contributed by atoms with Gasteiger partial charge >= 0.3 is 0 Å². The van der Waals surface area contributed by atoms with Crippen LogP contribution in [0.2, 0.25) is 0 Å². The average molecular weight is 223 g/mol. The van der Waals surface area contributed by atoms with Crippen LogP contribution in [0.3, 0.4) is 0 Å². The molecule has 0 radical (unpaired) electrons. The van der Waals surface area contributed by atoms with E-state index in [1.165, 1.54) is 6.42 Å². The molecule has 0 saturated heterocycles. The Morgan fingerprint density at radius 1 is 1.06 bits per heavy atom. The second-order valence-electron chi connectivity index (χ2n) is 3.27. The lowest BCUT2D eigenvalue weighted by atomic mass is 10.2. The summed E-state index contributed by atoms with van der Waals surface area (Å²) in [7, 11) is 3.49. The van der Waals surface area contributed by atoms with Crippen LogP contribution in [0.1, 0.15) is 44.5 Å². The second-order valence-corrected chi connectivity index (χ2v) is 3.27. The number of hydrogen-bond acceptors (Lipinski definition) is 1. The molecule has 2 heteroatoms. The van der Waals surface area contributed by atoms with Gasteiger partial charge in [-0.1, -0.05) is 52.3 Å². The Morgan fingerprint density at radius 2 is 1.44 bits per heavy atom. The fourth-order valence-electron chi connectivity index (χ4n) is 0.839. The molecule has 2 nitrogen and oxygen atoms in total. The number of carbonyl (C=O) groups excluding carboxylic acids is 1. The van der Waals surface area contributed by atoms with Crippen LogP contribution in [-0.4, -0.2) is 24.9 Å². The lowest BCUT2D eigenvalue weighted by Crippen LogP contribution is -2.21. The molecule has 0 heterocycles. The lowest BCUT2D eigenvalue weighted by molar-refractivity contribution is 0.0827. The highest BCUT2D eigenvalue weighted by molar-refractivity contribution is 5.93. The molecule has 92 valence electrons. The van der Waals surface area contributed by atoms with Crippen molar-refractivity contribution in [1.29, 1.82) is 0 Å². The van der Waals surface area contributed by atoms with Gasteiger partial charge in [0.2, 0.25) is 0 Å². The third kappa shape index (κ3) is 8.04. The van der Waals surface area contributed by atoms with E-state index < -0.39 is 0 Å². The first-order chi connectivity index (χ1) is 7.63. The quantitative estimate of drug-likeness (QED) is 0.708. The lowest BCUT2D eigenvalue weighted by Gasteiger charge is -2.08. The van der Waals surface area contributed by atoms with Crippen LogP contribution in [0.4, 0.5) is 0 Å². The number of carbonyl (C=O) groups is 1. The molecule has 0 unspecified atom stereocenters. The predicted molar refractivity (Wildman–Crippen MR) is 71.8 cm³/mol. The molecule has 0 saturated carbocycles. The number of amides is 1. The summed E-state index contributed by atoms with van der Waals surface area (Å²) < 4.78 is 0. The zero-order valence-corrected chi connectivity index (χ0v) is 11.4. The van der Waals surface area contributed by atoms with E-state index in [1.54, 1.807) is 19.0 Å². The Labute approximate surface area is 100 Å². The molecule has 1 amide bonds. The SMILES string of the molecule is CC.CCC.CN(C)C(=O)c1ccccc1. The fourth-order valence-corrected chi connectivity index (χ4v) is 0.839. The molecule has 0 atom stereocenters. The van der Waals surface area contributed by atoms with Gasteiger partial charge < -0.3 is 4.90 Å². The van der Waals surface area contributed by atoms with Gasteiger partial charge in [0, 0.05) is 19.7 Å². The Balaban J connectivity index is 0. The first-order valence-corrected chi connectivity index (χ1v) is 5.90. The van der Waals surface area contributed by atoms with Crippen molar-refractivity contribution < 1.29 is 4.79 Å². The van der Waals surface area contributed by atoms with Gasteiger partial charge in [0.15, 0.2) is 0 Å². The van der Waals surface area contributed by atoms with E-state index >= 15 is 0 Å². The maximum Gasteiger partial charge on any atom is 0.253 e. The van der Waals surface area contributed by atoms with Gasteiger partial charge in [-0.2, -0.15) is 0 Å². The highest BCUT2D eigenvalue weighted by Gasteiger charge is 2.04. The maximum absolute atomic E-state index is 11.3. The summed E-state index contributed by atoms with van der Waals surface area (Å²) in [5, 5.41) is 0. The van der Waals surface area contributed by atoms with Gasteiger partial charge in [0.25, 0.3) is 5.91 Å². The molecule has 0 aliphatic rings. The van der Waals surface area contributed by atoms with Gasteiger partial charge in [-0.3, -0.25) is 4.79 Å². The Kier molecular flexibility index (Phi) is 12.6. The van der Waals surface area contributed by atoms with E-state index in [2.05, 4.69) is 13.8 Å². The summed E-state index contributed by atoms with van der Waals surface area (Å²) in [6.07, 6.45) is 1.25. The topological polar surface area (TPSA) is 20.3 Å². The Morgan fingerprint density at radius 3 is 1.75 bits per heavy atom. The first kappa shape index (κ1) is 17.1. The van der Waals surface area contributed by atoms with Crippen molar-refractivity contribution in [1.82, 2.24) is 4.90 Å². The Bertz CT molecular complexity index is 255. The van der Waals surface area contributed by atoms with Crippen molar-refractivity contribution in [2.75, 3.05) is 14.1 Å². The van der Waals surface area contributed by atoms with Crippen molar-refractivity contribution in [3.05, 3.63) is 35.9 Å². The van der Waals surface area contributed by atoms with Gasteiger partial charge in [-0.25, -0.2) is 0 Å². The predicted octanol–water partition coefficient (Wildman–Crippen LogP) is 3.83. The number of benzene rings is 1. The van der Waals surface area contributed by atoms with Crippen LogP contribution in [0.25, 0.3) is 0 Å². The standard InChI is InChI=1S/C9H11NO.C3H8.C2H6/c1-10(2)9(11)8-6-4-3-5-7-8;1-3-2;1-2/h3-7H,1-2H3;3H2,1-2H3;1-2H3. The summed E-state index contributed by atoms with van der Waals surface area (Å²) in [5.74, 6) is 0.0469. The van der Waals surface area contributed by atoms with Crippen molar-refractivity contribution in [3.8, 4) is 0 Å². The summed E-state index contributed by atoms with van der Waals surface area (Å²) in [6, 6.07) is 9.23. The van der Waals surface area contributed by atoms with E-state index in [1.807, 2.05) is 44.2 Å². The minimum Gasteiger partial charge on any atom is -0.345 e. The highest BCUT2D eigenvalue weighted by atomic mass is 16.2. The second kappa shape index (κ2) is 11.8. The van der Waals surface area contributed by atoms with Crippen LogP contribution < -0.4 is 0 Å². The van der Waals surface area contributed by atoms with Crippen LogP contribution in [0.15, 0.2) is 30.3 Å². The summed E-state index contributed by atoms with van der Waals surface area (Å²) in [6.45, 7) is 8.25. The van der Waals surface area contributed by atoms with Crippen LogP contribution in [-0.2, 0) is 0 Å². The minimum atomic E-state index is 0.0469. The zero-order chi connectivity index (χ0) is 13.0. The number of hydrogen-bond donors (Lipinski definition) is 0. The van der Waals surface area contributed by atoms with E-state index in [9.17, 15) is 4.79 Å². The molecule has 0 aliphatic carbocycles. The molecule has 0 aliphatic heterocycles. The van der Waals surface area contributed by atoms with Gasteiger partial charge in [0.05, 0.1) is 0 Å². The average Bonchev–Trinajstić information content (AvgIpc) is 2.33. The van der Waals surface area contributed by atoms with Crippen molar-refractivity contribution in [2.45, 2.75) is 34.1 Å². The van der Waals surface area contributed by atoms with Crippen LogP contribution >= 0.6 is 0 Å². The molecule has 0 fully saturated rings. The van der Waals surface area contributed by atoms with E-state index in [-0.39, 0.29) is 5.91 Å². The summed E-state index contributed by atoms with van der Waals surface area (Å²) >= 11 is 0. The van der Waals surface area contributed by atoms with Crippen molar-refractivity contribution >= 4 is 5.91 Å².